The average molecular weight is 236 g/mol. The van der Waals surface area contributed by atoms with Crippen LogP contribution < -0.4 is 5.32 Å². The van der Waals surface area contributed by atoms with Crippen molar-refractivity contribution >= 4 is 16.0 Å². The SMILES string of the molecule is CCCS(=O)(=O)N1CCNC(C(=O)O)C1. The minimum Gasteiger partial charge on any atom is -0.480 e. The first-order valence-corrected chi connectivity index (χ1v) is 6.52. The van der Waals surface area contributed by atoms with E-state index in [2.05, 4.69) is 5.32 Å². The summed E-state index contributed by atoms with van der Waals surface area (Å²) in [6.45, 7) is 2.55. The largest absolute Gasteiger partial charge is 0.480 e. The average Bonchev–Trinajstić information content (AvgIpc) is 2.18. The van der Waals surface area contributed by atoms with E-state index in [1.165, 1.54) is 4.31 Å². The molecule has 0 spiro atoms. The molecular formula is C8H16N2O4S. The first-order valence-electron chi connectivity index (χ1n) is 4.91. The van der Waals surface area contributed by atoms with Gasteiger partial charge in [0.2, 0.25) is 10.0 Å². The number of carboxylic acid groups (broad SMARTS) is 1. The fourth-order valence-corrected chi connectivity index (χ4v) is 3.05. The molecule has 0 saturated carbocycles. The van der Waals surface area contributed by atoms with Crippen molar-refractivity contribution in [3.8, 4) is 0 Å². The summed E-state index contributed by atoms with van der Waals surface area (Å²) >= 11 is 0. The minimum atomic E-state index is -3.27. The van der Waals surface area contributed by atoms with Crippen LogP contribution in [0.15, 0.2) is 0 Å². The number of hydrogen-bond donors (Lipinski definition) is 2. The number of hydrogen-bond acceptors (Lipinski definition) is 4. The molecule has 7 heteroatoms. The van der Waals surface area contributed by atoms with Crippen LogP contribution in [0.4, 0.5) is 0 Å². The van der Waals surface area contributed by atoms with Crippen molar-refractivity contribution in [2.75, 3.05) is 25.4 Å². The number of carbonyl (C=O) groups is 1. The third-order valence-electron chi connectivity index (χ3n) is 2.29. The summed E-state index contributed by atoms with van der Waals surface area (Å²) in [6.07, 6.45) is 0.546. The predicted molar refractivity (Wildman–Crippen MR) is 55.1 cm³/mol. The van der Waals surface area contributed by atoms with Crippen LogP contribution in [0.5, 0.6) is 0 Å². The first-order chi connectivity index (χ1) is 6.97. The van der Waals surface area contributed by atoms with Crippen molar-refractivity contribution in [2.24, 2.45) is 0 Å². The first kappa shape index (κ1) is 12.4. The van der Waals surface area contributed by atoms with E-state index in [1.807, 2.05) is 0 Å². The Kier molecular flexibility index (Phi) is 4.06. The topological polar surface area (TPSA) is 86.7 Å². The molecule has 1 heterocycles. The lowest BCUT2D eigenvalue weighted by atomic mass is 10.2. The van der Waals surface area contributed by atoms with Crippen LogP contribution in [0.3, 0.4) is 0 Å². The van der Waals surface area contributed by atoms with Gasteiger partial charge in [0.1, 0.15) is 6.04 Å². The Morgan fingerprint density at radius 1 is 1.60 bits per heavy atom. The van der Waals surface area contributed by atoms with Crippen LogP contribution in [0.1, 0.15) is 13.3 Å². The van der Waals surface area contributed by atoms with Crippen LogP contribution in [-0.4, -0.2) is 55.2 Å². The molecule has 15 heavy (non-hydrogen) atoms. The van der Waals surface area contributed by atoms with E-state index in [4.69, 9.17) is 5.11 Å². The van der Waals surface area contributed by atoms with E-state index in [0.29, 0.717) is 19.5 Å². The van der Waals surface area contributed by atoms with Gasteiger partial charge in [0.25, 0.3) is 0 Å². The smallest absolute Gasteiger partial charge is 0.322 e. The molecule has 0 bridgehead atoms. The summed E-state index contributed by atoms with van der Waals surface area (Å²) in [6, 6.07) is -0.787. The number of piperazine rings is 1. The maximum atomic E-state index is 11.7. The summed E-state index contributed by atoms with van der Waals surface area (Å²) in [7, 11) is -3.27. The Balaban J connectivity index is 2.67. The van der Waals surface area contributed by atoms with Gasteiger partial charge in [-0.1, -0.05) is 6.92 Å². The van der Waals surface area contributed by atoms with E-state index in [-0.39, 0.29) is 12.3 Å². The Morgan fingerprint density at radius 2 is 2.27 bits per heavy atom. The van der Waals surface area contributed by atoms with E-state index in [9.17, 15) is 13.2 Å². The molecule has 6 nitrogen and oxygen atoms in total. The molecule has 2 N–H and O–H groups in total. The number of aliphatic carboxylic acids is 1. The van der Waals surface area contributed by atoms with Gasteiger partial charge in [-0.2, -0.15) is 4.31 Å². The monoisotopic (exact) mass is 236 g/mol. The highest BCUT2D eigenvalue weighted by atomic mass is 32.2. The number of carboxylic acids is 1. The summed E-state index contributed by atoms with van der Waals surface area (Å²) in [4.78, 5) is 10.7. The molecule has 0 aromatic rings. The molecule has 0 aromatic heterocycles. The second-order valence-corrected chi connectivity index (χ2v) is 5.61. The third-order valence-corrected chi connectivity index (χ3v) is 4.33. The molecule has 1 saturated heterocycles. The zero-order valence-electron chi connectivity index (χ0n) is 8.64. The van der Waals surface area contributed by atoms with Gasteiger partial charge >= 0.3 is 5.97 Å². The highest BCUT2D eigenvalue weighted by Crippen LogP contribution is 2.07. The van der Waals surface area contributed by atoms with Crippen molar-refractivity contribution in [1.82, 2.24) is 9.62 Å². The molecule has 0 aliphatic carbocycles. The molecule has 1 atom stereocenters. The molecule has 88 valence electrons. The van der Waals surface area contributed by atoms with Gasteiger partial charge < -0.3 is 10.4 Å². The standard InChI is InChI=1S/C8H16N2O4S/c1-2-5-15(13,14)10-4-3-9-7(6-10)8(11)12/h7,9H,2-6H2,1H3,(H,11,12). The fraction of sp³-hybridized carbons (Fsp3) is 0.875. The Hall–Kier alpha value is -0.660. The lowest BCUT2D eigenvalue weighted by molar-refractivity contribution is -0.140. The fourth-order valence-electron chi connectivity index (χ4n) is 1.53. The second-order valence-electron chi connectivity index (χ2n) is 3.52. The zero-order chi connectivity index (χ0) is 11.5. The van der Waals surface area contributed by atoms with Crippen molar-refractivity contribution in [3.63, 3.8) is 0 Å². The van der Waals surface area contributed by atoms with E-state index < -0.39 is 22.0 Å². The van der Waals surface area contributed by atoms with E-state index in [1.54, 1.807) is 6.92 Å². The van der Waals surface area contributed by atoms with Crippen LogP contribution >= 0.6 is 0 Å². The van der Waals surface area contributed by atoms with Crippen LogP contribution in [0, 0.1) is 0 Å². The molecule has 1 rings (SSSR count). The molecule has 0 amide bonds. The van der Waals surface area contributed by atoms with E-state index >= 15 is 0 Å². The highest BCUT2D eigenvalue weighted by Gasteiger charge is 2.31. The van der Waals surface area contributed by atoms with Crippen molar-refractivity contribution in [3.05, 3.63) is 0 Å². The summed E-state index contributed by atoms with van der Waals surface area (Å²) in [5.74, 6) is -0.925. The number of nitrogens with zero attached hydrogens (tertiary/aromatic N) is 1. The lowest BCUT2D eigenvalue weighted by Crippen LogP contribution is -2.55. The maximum Gasteiger partial charge on any atom is 0.322 e. The van der Waals surface area contributed by atoms with Gasteiger partial charge in [0.15, 0.2) is 0 Å². The molecule has 0 radical (unpaired) electrons. The highest BCUT2D eigenvalue weighted by molar-refractivity contribution is 7.89. The minimum absolute atomic E-state index is 0.0255. The van der Waals surface area contributed by atoms with Gasteiger partial charge in [-0.05, 0) is 6.42 Å². The van der Waals surface area contributed by atoms with Gasteiger partial charge in [0.05, 0.1) is 5.75 Å². The normalized spacial score (nSPS) is 23.9. The number of sulfonamides is 1. The van der Waals surface area contributed by atoms with Crippen LogP contribution in [0.25, 0.3) is 0 Å². The van der Waals surface area contributed by atoms with Gasteiger partial charge in [-0.3, -0.25) is 4.79 Å². The molecule has 0 aromatic carbocycles. The summed E-state index contributed by atoms with van der Waals surface area (Å²) < 4.78 is 24.6. The number of rotatable bonds is 4. The maximum absolute atomic E-state index is 11.7. The predicted octanol–water partition coefficient (Wildman–Crippen LogP) is -0.915. The second kappa shape index (κ2) is 4.91. The lowest BCUT2D eigenvalue weighted by Gasteiger charge is -2.30. The van der Waals surface area contributed by atoms with Crippen molar-refractivity contribution in [2.45, 2.75) is 19.4 Å². The molecule has 1 aliphatic heterocycles. The Bertz CT molecular complexity index is 328. The summed E-state index contributed by atoms with van der Waals surface area (Å²) in [5, 5.41) is 11.5. The van der Waals surface area contributed by atoms with Crippen LogP contribution in [-0.2, 0) is 14.8 Å². The van der Waals surface area contributed by atoms with E-state index in [0.717, 1.165) is 0 Å². The Morgan fingerprint density at radius 3 is 2.80 bits per heavy atom. The zero-order valence-corrected chi connectivity index (χ0v) is 9.46. The molecule has 1 unspecified atom stereocenters. The van der Waals surface area contributed by atoms with Gasteiger partial charge in [0, 0.05) is 19.6 Å². The Labute approximate surface area is 89.3 Å². The molecule has 1 fully saturated rings. The van der Waals surface area contributed by atoms with Gasteiger partial charge in [-0.25, -0.2) is 8.42 Å². The summed E-state index contributed by atoms with van der Waals surface area (Å²) in [5.41, 5.74) is 0. The van der Waals surface area contributed by atoms with Crippen molar-refractivity contribution in [1.29, 1.82) is 0 Å². The van der Waals surface area contributed by atoms with Gasteiger partial charge in [-0.15, -0.1) is 0 Å². The third kappa shape index (κ3) is 3.15. The van der Waals surface area contributed by atoms with Crippen molar-refractivity contribution < 1.29 is 18.3 Å². The molecular weight excluding hydrogens is 220 g/mol. The quantitative estimate of drug-likeness (QED) is 0.659. The number of nitrogens with one attached hydrogen (secondary N) is 1. The van der Waals surface area contributed by atoms with Crippen LogP contribution in [0.2, 0.25) is 0 Å². The molecule has 1 aliphatic rings.